The summed E-state index contributed by atoms with van der Waals surface area (Å²) in [5.74, 6) is 0. The Morgan fingerprint density at radius 3 is 2.30 bits per heavy atom. The first-order chi connectivity index (χ1) is 9.75. The Morgan fingerprint density at radius 2 is 1.65 bits per heavy atom. The molecule has 0 atom stereocenters. The summed E-state index contributed by atoms with van der Waals surface area (Å²) in [4.78, 5) is 37.1. The lowest BCUT2D eigenvalue weighted by atomic mass is 10.2. The summed E-state index contributed by atoms with van der Waals surface area (Å²) in [5, 5.41) is 4.82. The maximum atomic E-state index is 12.1. The molecule has 0 saturated heterocycles. The number of thiophene rings is 1. The third kappa shape index (κ3) is 1.50. The number of thiazole rings is 1. The summed E-state index contributed by atoms with van der Waals surface area (Å²) < 4.78 is 0. The SMILES string of the molecule is O=c1nc(-c2nccs2)c2c(=O)nc(-c3cccs3)c1=2. The van der Waals surface area contributed by atoms with Crippen molar-refractivity contribution in [3.8, 4) is 21.3 Å². The quantitative estimate of drug-likeness (QED) is 0.563. The van der Waals surface area contributed by atoms with E-state index in [2.05, 4.69) is 15.0 Å². The van der Waals surface area contributed by atoms with Gasteiger partial charge >= 0.3 is 0 Å². The molecule has 0 bridgehead atoms. The molecule has 0 N–H and O–H groups in total. The smallest absolute Gasteiger partial charge is 0.267 e. The van der Waals surface area contributed by atoms with Crippen LogP contribution >= 0.6 is 22.7 Å². The molecule has 2 aromatic heterocycles. The van der Waals surface area contributed by atoms with Crippen molar-refractivity contribution in [2.45, 2.75) is 0 Å². The lowest BCUT2D eigenvalue weighted by Gasteiger charge is -1.86. The van der Waals surface area contributed by atoms with Gasteiger partial charge in [-0.25, -0.2) is 15.0 Å². The van der Waals surface area contributed by atoms with Crippen LogP contribution < -0.4 is 11.1 Å². The molecule has 5 nitrogen and oxygen atoms in total. The number of rotatable bonds is 2. The predicted octanol–water partition coefficient (Wildman–Crippen LogP) is 1.65. The van der Waals surface area contributed by atoms with Crippen LogP contribution in [0.5, 0.6) is 0 Å². The Morgan fingerprint density at radius 1 is 0.900 bits per heavy atom. The van der Waals surface area contributed by atoms with Gasteiger partial charge in [-0.3, -0.25) is 9.59 Å². The average molecular weight is 299 g/mol. The molecule has 0 spiro atoms. The van der Waals surface area contributed by atoms with Gasteiger partial charge in [0.15, 0.2) is 0 Å². The van der Waals surface area contributed by atoms with Crippen LogP contribution in [0.15, 0.2) is 38.7 Å². The van der Waals surface area contributed by atoms with Crippen LogP contribution in [0.2, 0.25) is 0 Å². The van der Waals surface area contributed by atoms with Crippen molar-refractivity contribution in [2.24, 2.45) is 0 Å². The minimum Gasteiger partial charge on any atom is -0.267 e. The molecule has 2 aliphatic rings. The predicted molar refractivity (Wildman–Crippen MR) is 76.7 cm³/mol. The highest BCUT2D eigenvalue weighted by Crippen LogP contribution is 2.26. The monoisotopic (exact) mass is 299 g/mol. The van der Waals surface area contributed by atoms with Crippen molar-refractivity contribution >= 4 is 22.7 Å². The van der Waals surface area contributed by atoms with E-state index in [4.69, 9.17) is 0 Å². The lowest BCUT2D eigenvalue weighted by molar-refractivity contribution is 1.22. The topological polar surface area (TPSA) is 72.8 Å². The van der Waals surface area contributed by atoms with Crippen molar-refractivity contribution in [3.05, 3.63) is 60.2 Å². The van der Waals surface area contributed by atoms with Gasteiger partial charge in [0.1, 0.15) is 10.7 Å². The highest BCUT2D eigenvalue weighted by Gasteiger charge is 2.20. The molecule has 2 aromatic rings. The van der Waals surface area contributed by atoms with Crippen LogP contribution in [-0.2, 0) is 0 Å². The summed E-state index contributed by atoms with van der Waals surface area (Å²) in [6.07, 6.45) is 1.62. The fourth-order valence-corrected chi connectivity index (χ4v) is 3.52. The van der Waals surface area contributed by atoms with E-state index in [0.717, 1.165) is 4.88 Å². The summed E-state index contributed by atoms with van der Waals surface area (Å²) in [6.45, 7) is 0. The Kier molecular flexibility index (Phi) is 2.38. The molecule has 0 fully saturated rings. The number of aromatic nitrogens is 3. The van der Waals surface area contributed by atoms with Gasteiger partial charge in [0.2, 0.25) is 0 Å². The Balaban J connectivity index is 2.17. The van der Waals surface area contributed by atoms with Gasteiger partial charge in [0.25, 0.3) is 11.1 Å². The van der Waals surface area contributed by atoms with Crippen molar-refractivity contribution in [1.82, 2.24) is 15.0 Å². The molecule has 2 aliphatic heterocycles. The third-order valence-electron chi connectivity index (χ3n) is 2.97. The van der Waals surface area contributed by atoms with E-state index in [1.807, 2.05) is 17.5 Å². The third-order valence-corrected chi connectivity index (χ3v) is 4.62. The highest BCUT2D eigenvalue weighted by molar-refractivity contribution is 7.13. The molecule has 0 unspecified atom stereocenters. The van der Waals surface area contributed by atoms with Gasteiger partial charge in [-0.1, -0.05) is 6.07 Å². The number of hydrogen-bond donors (Lipinski definition) is 0. The highest BCUT2D eigenvalue weighted by atomic mass is 32.1. The van der Waals surface area contributed by atoms with Crippen molar-refractivity contribution in [3.63, 3.8) is 0 Å². The van der Waals surface area contributed by atoms with Crippen molar-refractivity contribution < 1.29 is 0 Å². The van der Waals surface area contributed by atoms with Crippen molar-refractivity contribution in [2.75, 3.05) is 0 Å². The maximum absolute atomic E-state index is 12.1. The molecule has 20 heavy (non-hydrogen) atoms. The molecule has 0 radical (unpaired) electrons. The summed E-state index contributed by atoms with van der Waals surface area (Å²) in [7, 11) is 0. The molecule has 96 valence electrons. The van der Waals surface area contributed by atoms with Crippen LogP contribution in [0.25, 0.3) is 21.3 Å². The van der Waals surface area contributed by atoms with Gasteiger partial charge in [-0.05, 0) is 11.4 Å². The minimum atomic E-state index is -0.414. The van der Waals surface area contributed by atoms with E-state index >= 15 is 0 Å². The van der Waals surface area contributed by atoms with Crippen LogP contribution in [-0.4, -0.2) is 15.0 Å². The second kappa shape index (κ2) is 4.12. The molecule has 0 saturated carbocycles. The molecular formula is C13H5N3O2S2. The van der Waals surface area contributed by atoms with Crippen LogP contribution in [0.1, 0.15) is 0 Å². The average Bonchev–Trinajstić information content (AvgIpc) is 3.17. The molecule has 4 heterocycles. The van der Waals surface area contributed by atoms with E-state index in [9.17, 15) is 9.59 Å². The van der Waals surface area contributed by atoms with Crippen LogP contribution in [0.4, 0.5) is 0 Å². The Labute approximate surface area is 119 Å². The van der Waals surface area contributed by atoms with Crippen LogP contribution in [0.3, 0.4) is 0 Å². The largest absolute Gasteiger partial charge is 0.280 e. The molecule has 4 rings (SSSR count). The zero-order chi connectivity index (χ0) is 13.7. The zero-order valence-electron chi connectivity index (χ0n) is 9.86. The summed E-state index contributed by atoms with van der Waals surface area (Å²) >= 11 is 2.78. The Hall–Kier alpha value is -2.25. The van der Waals surface area contributed by atoms with Gasteiger partial charge in [-0.15, -0.1) is 22.7 Å². The molecule has 0 amide bonds. The summed E-state index contributed by atoms with van der Waals surface area (Å²) in [5.41, 5.74) is -0.0491. The molecule has 0 aliphatic carbocycles. The first-order valence-corrected chi connectivity index (χ1v) is 7.46. The number of hydrogen-bond acceptors (Lipinski definition) is 7. The van der Waals surface area contributed by atoms with Gasteiger partial charge in [0.05, 0.1) is 21.0 Å². The maximum Gasteiger partial charge on any atom is 0.280 e. The lowest BCUT2D eigenvalue weighted by Crippen LogP contribution is -2.03. The van der Waals surface area contributed by atoms with Crippen LogP contribution in [0, 0.1) is 10.4 Å². The van der Waals surface area contributed by atoms with Gasteiger partial charge < -0.3 is 0 Å². The van der Waals surface area contributed by atoms with E-state index in [0.29, 0.717) is 21.6 Å². The molecule has 0 aromatic carbocycles. The molecule has 7 heteroatoms. The molecular weight excluding hydrogens is 294 g/mol. The van der Waals surface area contributed by atoms with E-state index in [-0.39, 0.29) is 5.22 Å². The second-order valence-electron chi connectivity index (χ2n) is 4.10. The second-order valence-corrected chi connectivity index (χ2v) is 5.94. The van der Waals surface area contributed by atoms with Crippen molar-refractivity contribution in [1.29, 1.82) is 0 Å². The fourth-order valence-electron chi connectivity index (χ4n) is 2.17. The Bertz CT molecular complexity index is 944. The normalized spacial score (nSPS) is 11.4. The minimum absolute atomic E-state index is 0.286. The van der Waals surface area contributed by atoms with E-state index in [1.165, 1.54) is 22.7 Å². The van der Waals surface area contributed by atoms with Gasteiger partial charge in [-0.2, -0.15) is 0 Å². The summed E-state index contributed by atoms with van der Waals surface area (Å²) in [6, 6.07) is 3.69. The number of nitrogens with zero attached hydrogens (tertiary/aromatic N) is 3. The first kappa shape index (κ1) is 11.6. The zero-order valence-corrected chi connectivity index (χ0v) is 11.5. The fraction of sp³-hybridized carbons (Fsp3) is 0. The first-order valence-electron chi connectivity index (χ1n) is 5.70. The van der Waals surface area contributed by atoms with E-state index < -0.39 is 11.1 Å². The van der Waals surface area contributed by atoms with Gasteiger partial charge in [0, 0.05) is 11.6 Å². The van der Waals surface area contributed by atoms with E-state index in [1.54, 1.807) is 11.6 Å². The standard InChI is InChI=1S/C13H5N3O2S2/c17-11-7-8(10(16-11)13-14-3-5-20-13)12(18)15-9(7)6-2-1-4-19-6/h1-5H.